The van der Waals surface area contributed by atoms with Crippen molar-refractivity contribution < 1.29 is 0 Å². The minimum Gasteiger partial charge on any atom is -0.0654 e. The van der Waals surface area contributed by atoms with Gasteiger partial charge in [0.25, 0.3) is 0 Å². The van der Waals surface area contributed by atoms with E-state index in [0.717, 1.165) is 11.8 Å². The molecule has 734 valence electrons. The standard InChI is InChI=1S/2C25H34.C23H30.4C17H18/c1-7-17(3)15-25(16-18(4)8-2)23-13-19(5)9-11-21(23)22-12-10-20(6)14-24(22)25;1-5-7-9-15-25(16-10-8-6-2)23-17-19(3)11-13-21(23)22-14-12-20(4)18-24(22)25;1-5-7-13-23(14-8-6-2)21-15-17(3)9-11-19(21)20-12-10-18(4)16-22(20)23;4*1-11-5-7-13-14-8-6-12(2)10-16(14)17(3,4)15(13)9-11/h9-14,17-18H,7-8,15-16H2,1-6H3;11-14,17-18H,5-10,15-16H2,1-4H3;9-12,15-16H,5-8,13-14H2,1-4H3;4*5-10H,1-4H3. The Hall–Kier alpha value is -10.9. The van der Waals surface area contributed by atoms with E-state index < -0.39 is 0 Å². The number of benzene rings is 14. The van der Waals surface area contributed by atoms with Crippen molar-refractivity contribution in [2.75, 3.05) is 0 Å². The van der Waals surface area contributed by atoms with E-state index in [1.54, 1.807) is 33.4 Å². The van der Waals surface area contributed by atoms with Gasteiger partial charge in [0, 0.05) is 37.9 Å². The molecule has 2 atom stereocenters. The van der Waals surface area contributed by atoms with Gasteiger partial charge in [-0.1, -0.05) is 521 Å². The lowest BCUT2D eigenvalue weighted by Crippen LogP contribution is -2.30. The Morgan fingerprint density at radius 2 is 0.291 bits per heavy atom. The highest BCUT2D eigenvalue weighted by atomic mass is 14.5. The maximum Gasteiger partial charge on any atom is 0.0220 e. The van der Waals surface area contributed by atoms with Crippen LogP contribution >= 0.6 is 0 Å². The summed E-state index contributed by atoms with van der Waals surface area (Å²) in [7, 11) is 0. The maximum absolute atomic E-state index is 2.49. The fraction of sp³-hybridized carbons (Fsp3) is 0.404. The number of unbranched alkanes of at least 4 members (excludes halogenated alkanes) is 6. The lowest BCUT2D eigenvalue weighted by atomic mass is 9.66. The second kappa shape index (κ2) is 42.6. The van der Waals surface area contributed by atoms with Gasteiger partial charge >= 0.3 is 0 Å². The van der Waals surface area contributed by atoms with Gasteiger partial charge in [-0.2, -0.15) is 0 Å². The molecule has 0 heterocycles. The van der Waals surface area contributed by atoms with Crippen LogP contribution in [0.15, 0.2) is 255 Å². The molecule has 141 heavy (non-hydrogen) atoms. The van der Waals surface area contributed by atoms with Gasteiger partial charge in [-0.15, -0.1) is 0 Å². The van der Waals surface area contributed by atoms with E-state index in [1.807, 2.05) is 0 Å². The molecule has 0 bridgehead atoms. The molecule has 0 aliphatic heterocycles. The highest BCUT2D eigenvalue weighted by Gasteiger charge is 2.48. The molecule has 14 aromatic carbocycles. The quantitative estimate of drug-likeness (QED) is 0.0667. The summed E-state index contributed by atoms with van der Waals surface area (Å²) in [6.45, 7) is 68.3. The van der Waals surface area contributed by atoms with Gasteiger partial charge in [0.1, 0.15) is 0 Å². The molecule has 0 radical (unpaired) electrons. The minimum absolute atomic E-state index is 0.142. The molecule has 0 saturated carbocycles. The molecule has 0 nitrogen and oxygen atoms in total. The summed E-state index contributed by atoms with van der Waals surface area (Å²) in [6, 6.07) is 97.4. The predicted molar refractivity (Wildman–Crippen MR) is 616 cm³/mol. The highest BCUT2D eigenvalue weighted by Crippen LogP contribution is 2.61. The molecular formula is C141H170. The van der Waals surface area contributed by atoms with E-state index in [9.17, 15) is 0 Å². The van der Waals surface area contributed by atoms with Gasteiger partial charge in [0.15, 0.2) is 0 Å². The zero-order chi connectivity index (χ0) is 101. The van der Waals surface area contributed by atoms with Crippen molar-refractivity contribution in [3.05, 3.63) is 411 Å². The first kappa shape index (κ1) is 104. The number of fused-ring (bicyclic) bond motifs is 21. The molecule has 21 rings (SSSR count). The van der Waals surface area contributed by atoms with Gasteiger partial charge in [-0.3, -0.25) is 0 Å². The van der Waals surface area contributed by atoms with Crippen LogP contribution in [0.3, 0.4) is 0 Å². The second-order valence-corrected chi connectivity index (χ2v) is 47.0. The molecule has 0 fully saturated rings. The molecule has 0 aromatic heterocycles. The Bertz CT molecular complexity index is 6050. The summed E-state index contributed by atoms with van der Waals surface area (Å²) < 4.78 is 0. The summed E-state index contributed by atoms with van der Waals surface area (Å²) in [6.07, 6.45) is 23.3. The molecule has 7 aliphatic rings. The fourth-order valence-corrected chi connectivity index (χ4v) is 25.7. The van der Waals surface area contributed by atoms with Gasteiger partial charge in [-0.05, 0) is 303 Å². The lowest BCUT2D eigenvalue weighted by molar-refractivity contribution is 0.308. The van der Waals surface area contributed by atoms with E-state index >= 15 is 0 Å². The van der Waals surface area contributed by atoms with Crippen LogP contribution < -0.4 is 0 Å². The van der Waals surface area contributed by atoms with Crippen molar-refractivity contribution >= 4 is 0 Å². The molecule has 14 aromatic rings. The van der Waals surface area contributed by atoms with E-state index in [-0.39, 0.29) is 37.9 Å². The highest BCUT2D eigenvalue weighted by molar-refractivity contribution is 5.88. The Labute approximate surface area is 855 Å². The third-order valence-electron chi connectivity index (χ3n) is 34.1. The van der Waals surface area contributed by atoms with Gasteiger partial charge in [0.05, 0.1) is 0 Å². The zero-order valence-corrected chi connectivity index (χ0v) is 92.6. The maximum atomic E-state index is 2.49. The van der Waals surface area contributed by atoms with Crippen molar-refractivity contribution in [3.8, 4) is 77.9 Å². The van der Waals surface area contributed by atoms with Gasteiger partial charge in [-0.25, -0.2) is 0 Å². The largest absolute Gasteiger partial charge is 0.0654 e. The number of hydrogen-bond acceptors (Lipinski definition) is 0. The summed E-state index contributed by atoms with van der Waals surface area (Å²) in [5.74, 6) is 1.48. The number of rotatable bonds is 20. The first-order valence-electron chi connectivity index (χ1n) is 54.7. The Morgan fingerprint density at radius 3 is 0.433 bits per heavy atom. The lowest BCUT2D eigenvalue weighted by Gasteiger charge is -2.37. The van der Waals surface area contributed by atoms with Crippen molar-refractivity contribution in [2.24, 2.45) is 11.8 Å². The van der Waals surface area contributed by atoms with Crippen LogP contribution in [0.4, 0.5) is 0 Å². The van der Waals surface area contributed by atoms with Crippen LogP contribution in [0, 0.1) is 109 Å². The van der Waals surface area contributed by atoms with Crippen LogP contribution in [0.1, 0.15) is 382 Å². The predicted octanol–water partition coefficient (Wildman–Crippen LogP) is 40.6. The molecule has 0 heteroatoms. The van der Waals surface area contributed by atoms with Gasteiger partial charge < -0.3 is 0 Å². The summed E-state index contributed by atoms with van der Waals surface area (Å²) in [5.41, 5.74) is 62.0. The molecule has 0 saturated heterocycles. The van der Waals surface area contributed by atoms with E-state index in [1.165, 1.54) is 316 Å². The Morgan fingerprint density at radius 1 is 0.163 bits per heavy atom. The first-order chi connectivity index (χ1) is 67.1. The van der Waals surface area contributed by atoms with Crippen LogP contribution in [-0.4, -0.2) is 0 Å². The normalized spacial score (nSPS) is 15.4. The topological polar surface area (TPSA) is 0 Å². The summed E-state index contributed by atoms with van der Waals surface area (Å²) in [4.78, 5) is 0. The van der Waals surface area contributed by atoms with E-state index in [2.05, 4.69) is 462 Å². The third-order valence-corrected chi connectivity index (χ3v) is 34.1. The monoisotopic (exact) mass is 1860 g/mol. The van der Waals surface area contributed by atoms with Gasteiger partial charge in [0.2, 0.25) is 0 Å². The molecular weight excluding hydrogens is 1690 g/mol. The van der Waals surface area contributed by atoms with Crippen LogP contribution in [-0.2, 0) is 37.9 Å². The fourth-order valence-electron chi connectivity index (χ4n) is 25.7. The van der Waals surface area contributed by atoms with Crippen molar-refractivity contribution in [1.29, 1.82) is 0 Å². The molecule has 7 aliphatic carbocycles. The molecule has 0 spiro atoms. The number of hydrogen-bond donors (Lipinski definition) is 0. The Kier molecular flexibility index (Phi) is 31.5. The van der Waals surface area contributed by atoms with Crippen molar-refractivity contribution in [1.82, 2.24) is 0 Å². The molecule has 2 unspecified atom stereocenters. The van der Waals surface area contributed by atoms with Crippen LogP contribution in [0.2, 0.25) is 0 Å². The summed E-state index contributed by atoms with van der Waals surface area (Å²) in [5, 5.41) is 0. The smallest absolute Gasteiger partial charge is 0.0220 e. The van der Waals surface area contributed by atoms with Crippen molar-refractivity contribution in [2.45, 2.75) is 361 Å². The Balaban J connectivity index is 0.000000125. The van der Waals surface area contributed by atoms with Crippen molar-refractivity contribution in [3.63, 3.8) is 0 Å². The van der Waals surface area contributed by atoms with E-state index in [0.29, 0.717) is 0 Å². The molecule has 0 N–H and O–H groups in total. The average molecular weight is 1860 g/mol. The van der Waals surface area contributed by atoms with E-state index in [4.69, 9.17) is 0 Å². The molecule has 0 amide bonds. The summed E-state index contributed by atoms with van der Waals surface area (Å²) >= 11 is 0. The second-order valence-electron chi connectivity index (χ2n) is 47.0. The average Bonchev–Trinajstić information content (AvgIpc) is 1.55. The number of aryl methyl sites for hydroxylation is 14. The third kappa shape index (κ3) is 20.5. The van der Waals surface area contributed by atoms with Crippen LogP contribution in [0.5, 0.6) is 0 Å². The first-order valence-corrected chi connectivity index (χ1v) is 54.7. The minimum atomic E-state index is 0.142. The van der Waals surface area contributed by atoms with Crippen LogP contribution in [0.25, 0.3) is 77.9 Å². The SMILES string of the molecule is CCC(C)CC1(CC(C)CC)c2cc(C)ccc2-c2ccc(C)cc21.CCCCC1(CCCC)c2cc(C)ccc2-c2ccc(C)cc21.CCCCCC1(CCCCC)c2cc(C)ccc2-c2ccc(C)cc21.Cc1ccc2c(c1)C(C)(C)c1cc(C)ccc1-2.Cc1ccc2c(c1)C(C)(C)c1cc(C)ccc1-2.Cc1ccc2c(c1)C(C)(C)c1cc(C)ccc1-2.Cc1ccc2c(c1)C(C)(C)c1cc(C)ccc1-2. The zero-order valence-electron chi connectivity index (χ0n) is 92.6.